The van der Waals surface area contributed by atoms with Crippen LogP contribution in [0.3, 0.4) is 0 Å². The molecular formula is C29H28Cl2F2N3O7S+. The van der Waals surface area contributed by atoms with Gasteiger partial charge in [-0.3, -0.25) is 14.7 Å². The zero-order valence-electron chi connectivity index (χ0n) is 23.3. The number of nitrogens with zero attached hydrogens (tertiary/aromatic N) is 2. The highest BCUT2D eigenvalue weighted by molar-refractivity contribution is 7.92. The van der Waals surface area contributed by atoms with E-state index >= 15 is 0 Å². The van der Waals surface area contributed by atoms with E-state index in [1.54, 1.807) is 28.8 Å². The second-order valence-corrected chi connectivity index (χ2v) is 13.0. The average Bonchev–Trinajstić information content (AvgIpc) is 3.71. The second-order valence-electron chi connectivity index (χ2n) is 10.4. The van der Waals surface area contributed by atoms with E-state index in [1.165, 1.54) is 36.8 Å². The maximum Gasteiger partial charge on any atom is 0.387 e. The number of nitrogens with one attached hydrogen (secondary N) is 1. The summed E-state index contributed by atoms with van der Waals surface area (Å²) in [6.45, 7) is -3.07. The van der Waals surface area contributed by atoms with E-state index in [9.17, 15) is 27.2 Å². The monoisotopic (exact) mass is 670 g/mol. The van der Waals surface area contributed by atoms with E-state index in [2.05, 4.69) is 9.46 Å². The van der Waals surface area contributed by atoms with Gasteiger partial charge in [-0.15, -0.1) is 0 Å². The largest absolute Gasteiger partial charge is 0.489 e. The standard InChI is InChI=1S/C29H28Cl2F2N3O7S/c1-44(39,40)34-23-14-35(24-5-3-2-4-19(23)24)15-28(37)42-26(11-20-21(30)12-36(38)13-22(20)31)18-8-9-25(43-29(32)33)27(10-18)41-16-17-6-7-17/h2-5,8-10,12-14,17,26,29,34,38H,6-7,11,15-16H2,1H3/q+1. The molecule has 44 heavy (non-hydrogen) atoms. The molecule has 15 heteroatoms. The number of para-hydroxylation sites is 1. The van der Waals surface area contributed by atoms with Crippen molar-refractivity contribution in [2.45, 2.75) is 38.5 Å². The predicted molar refractivity (Wildman–Crippen MR) is 158 cm³/mol. The molecule has 1 atom stereocenters. The summed E-state index contributed by atoms with van der Waals surface area (Å²) in [6, 6.07) is 11.2. The van der Waals surface area contributed by atoms with Gasteiger partial charge >= 0.3 is 12.6 Å². The lowest BCUT2D eigenvalue weighted by Crippen LogP contribution is -2.29. The van der Waals surface area contributed by atoms with Crippen LogP contribution in [0.5, 0.6) is 11.5 Å². The number of sulfonamides is 1. The van der Waals surface area contributed by atoms with Gasteiger partial charge in [0.15, 0.2) is 11.5 Å². The number of benzene rings is 2. The van der Waals surface area contributed by atoms with E-state index in [0.717, 1.165) is 19.1 Å². The molecule has 4 aromatic rings. The normalized spacial score (nSPS) is 14.0. The fourth-order valence-electron chi connectivity index (χ4n) is 4.66. The van der Waals surface area contributed by atoms with Gasteiger partial charge in [0, 0.05) is 28.3 Å². The van der Waals surface area contributed by atoms with Crippen LogP contribution >= 0.6 is 23.2 Å². The first-order valence-corrected chi connectivity index (χ1v) is 16.1. The topological polar surface area (TPSA) is 120 Å². The minimum absolute atomic E-state index is 0.0470. The summed E-state index contributed by atoms with van der Waals surface area (Å²) in [6.07, 6.45) is 5.80. The van der Waals surface area contributed by atoms with Gasteiger partial charge in [-0.1, -0.05) is 47.5 Å². The molecule has 0 spiro atoms. The van der Waals surface area contributed by atoms with Crippen LogP contribution in [0.1, 0.15) is 30.1 Å². The van der Waals surface area contributed by atoms with Crippen LogP contribution in [-0.2, 0) is 32.5 Å². The summed E-state index contributed by atoms with van der Waals surface area (Å²) in [5, 5.41) is 10.6. The number of rotatable bonds is 13. The molecule has 1 saturated carbocycles. The first kappa shape index (κ1) is 31.6. The number of pyridine rings is 1. The third-order valence-electron chi connectivity index (χ3n) is 6.84. The number of carbonyl (C=O) groups is 1. The highest BCUT2D eigenvalue weighted by Gasteiger charge is 2.27. The Bertz CT molecular complexity index is 1780. The van der Waals surface area contributed by atoms with Crippen molar-refractivity contribution >= 4 is 55.8 Å². The van der Waals surface area contributed by atoms with Crippen molar-refractivity contribution in [1.29, 1.82) is 0 Å². The van der Waals surface area contributed by atoms with Crippen molar-refractivity contribution in [3.8, 4) is 11.5 Å². The number of fused-ring (bicyclic) bond motifs is 1. The SMILES string of the molecule is CS(=O)(=O)Nc1cn(CC(=O)OC(Cc2c(Cl)c[n+](O)cc2Cl)c2ccc(OC(F)F)c(OCC3CC3)c2)c2ccccc12. The van der Waals surface area contributed by atoms with E-state index < -0.39 is 28.7 Å². The quantitative estimate of drug-likeness (QED) is 0.105. The molecule has 10 nitrogen and oxygen atoms in total. The number of halogens is 4. The van der Waals surface area contributed by atoms with E-state index in [0.29, 0.717) is 45.0 Å². The van der Waals surface area contributed by atoms with Gasteiger partial charge in [-0.2, -0.15) is 8.78 Å². The zero-order chi connectivity index (χ0) is 31.6. The van der Waals surface area contributed by atoms with Crippen LogP contribution in [0.2, 0.25) is 10.0 Å². The smallest absolute Gasteiger partial charge is 0.387 e. The summed E-state index contributed by atoms with van der Waals surface area (Å²) >= 11 is 12.7. The lowest BCUT2D eigenvalue weighted by Gasteiger charge is -2.21. The summed E-state index contributed by atoms with van der Waals surface area (Å²) < 4.78 is 71.1. The Morgan fingerprint density at radius 1 is 1.14 bits per heavy atom. The van der Waals surface area contributed by atoms with Gasteiger partial charge in [0.2, 0.25) is 22.4 Å². The molecule has 234 valence electrons. The van der Waals surface area contributed by atoms with Gasteiger partial charge < -0.3 is 18.8 Å². The maximum atomic E-state index is 13.4. The summed E-state index contributed by atoms with van der Waals surface area (Å²) in [7, 11) is -3.60. The minimum Gasteiger partial charge on any atom is -0.489 e. The van der Waals surface area contributed by atoms with Crippen LogP contribution in [0.25, 0.3) is 10.9 Å². The number of esters is 1. The summed E-state index contributed by atoms with van der Waals surface area (Å²) in [5.41, 5.74) is 1.61. The number of ether oxygens (including phenoxy) is 3. The molecule has 2 heterocycles. The van der Waals surface area contributed by atoms with Crippen molar-refractivity contribution in [2.75, 3.05) is 17.6 Å². The molecule has 0 aliphatic heterocycles. The molecule has 1 fully saturated rings. The fourth-order valence-corrected chi connectivity index (χ4v) is 5.83. The van der Waals surface area contributed by atoms with E-state index in [4.69, 9.17) is 32.7 Å². The zero-order valence-corrected chi connectivity index (χ0v) is 25.6. The van der Waals surface area contributed by atoms with Crippen molar-refractivity contribution in [1.82, 2.24) is 4.57 Å². The molecule has 1 aliphatic rings. The number of anilines is 1. The van der Waals surface area contributed by atoms with Crippen molar-refractivity contribution in [3.05, 3.63) is 82.2 Å². The summed E-state index contributed by atoms with van der Waals surface area (Å²) in [4.78, 5) is 13.4. The molecule has 0 saturated heterocycles. The molecule has 0 bridgehead atoms. The Morgan fingerprint density at radius 3 is 2.50 bits per heavy atom. The number of aromatic nitrogens is 2. The predicted octanol–water partition coefficient (Wildman–Crippen LogP) is 5.76. The molecule has 2 N–H and O–H groups in total. The maximum absolute atomic E-state index is 13.4. The molecular weight excluding hydrogens is 643 g/mol. The van der Waals surface area contributed by atoms with Gasteiger partial charge in [-0.25, -0.2) is 8.42 Å². The molecule has 5 rings (SSSR count). The molecule has 0 amide bonds. The Labute approximate surface area is 261 Å². The Kier molecular flexibility index (Phi) is 9.37. The molecule has 2 aromatic carbocycles. The highest BCUT2D eigenvalue weighted by atomic mass is 35.5. The van der Waals surface area contributed by atoms with Gasteiger partial charge in [-0.05, 0) is 42.5 Å². The lowest BCUT2D eigenvalue weighted by atomic mass is 10.0. The Morgan fingerprint density at radius 2 is 1.84 bits per heavy atom. The highest BCUT2D eigenvalue weighted by Crippen LogP contribution is 2.38. The number of alkyl halides is 2. The number of carbonyl (C=O) groups excluding carboxylic acids is 1. The van der Waals surface area contributed by atoms with Crippen LogP contribution in [-0.4, -0.2) is 43.6 Å². The molecule has 1 unspecified atom stereocenters. The third-order valence-corrected chi connectivity index (χ3v) is 8.08. The van der Waals surface area contributed by atoms with Crippen molar-refractivity contribution in [3.63, 3.8) is 0 Å². The Balaban J connectivity index is 1.47. The Hall–Kier alpha value is -3.81. The first-order valence-electron chi connectivity index (χ1n) is 13.4. The molecule has 2 aromatic heterocycles. The van der Waals surface area contributed by atoms with Gasteiger partial charge in [0.1, 0.15) is 22.7 Å². The van der Waals surface area contributed by atoms with Crippen molar-refractivity contribution < 1.29 is 46.1 Å². The minimum atomic E-state index is -3.60. The first-order chi connectivity index (χ1) is 20.9. The summed E-state index contributed by atoms with van der Waals surface area (Å²) in [5.74, 6) is -0.494. The fraction of sp³-hybridized carbons (Fsp3) is 0.310. The lowest BCUT2D eigenvalue weighted by molar-refractivity contribution is -0.904. The van der Waals surface area contributed by atoms with Crippen LogP contribution in [0.15, 0.2) is 61.1 Å². The van der Waals surface area contributed by atoms with Crippen LogP contribution in [0.4, 0.5) is 14.5 Å². The third kappa shape index (κ3) is 8.01. The van der Waals surface area contributed by atoms with Gasteiger partial charge in [0.25, 0.3) is 0 Å². The average molecular weight is 672 g/mol. The molecule has 1 aliphatic carbocycles. The second kappa shape index (κ2) is 13.0. The van der Waals surface area contributed by atoms with Crippen LogP contribution in [0, 0.1) is 5.92 Å². The molecule has 0 radical (unpaired) electrons. The van der Waals surface area contributed by atoms with Crippen LogP contribution < -0.4 is 18.9 Å². The van der Waals surface area contributed by atoms with E-state index in [1.807, 2.05) is 0 Å². The number of hydrogen-bond donors (Lipinski definition) is 2. The van der Waals surface area contributed by atoms with Gasteiger partial charge in [0.05, 0.1) is 24.1 Å². The van der Waals surface area contributed by atoms with Crippen molar-refractivity contribution in [2.24, 2.45) is 5.92 Å². The number of hydrogen-bond acceptors (Lipinski definition) is 7. The van der Waals surface area contributed by atoms with E-state index in [-0.39, 0.29) is 34.5 Å².